The molecule has 1 saturated heterocycles. The van der Waals surface area contributed by atoms with Gasteiger partial charge in [-0.2, -0.15) is 11.8 Å². The highest BCUT2D eigenvalue weighted by atomic mass is 32.2. The third-order valence-corrected chi connectivity index (χ3v) is 6.87. The largest absolute Gasteiger partial charge is 0.479 e. The fourth-order valence-corrected chi connectivity index (χ4v) is 5.02. The van der Waals surface area contributed by atoms with E-state index in [1.54, 1.807) is 11.8 Å². The van der Waals surface area contributed by atoms with Gasteiger partial charge in [-0.05, 0) is 47.1 Å². The highest BCUT2D eigenvalue weighted by molar-refractivity contribution is 7.98. The smallest absolute Gasteiger partial charge is 0.407 e. The van der Waals surface area contributed by atoms with Gasteiger partial charge >= 0.3 is 12.1 Å². The van der Waals surface area contributed by atoms with Gasteiger partial charge in [0.05, 0.1) is 6.04 Å². The minimum Gasteiger partial charge on any atom is -0.479 e. The van der Waals surface area contributed by atoms with Crippen LogP contribution in [-0.4, -0.2) is 66.5 Å². The summed E-state index contributed by atoms with van der Waals surface area (Å²) in [5, 5.41) is 14.7. The number of fused-ring (bicyclic) bond motifs is 3. The van der Waals surface area contributed by atoms with Gasteiger partial charge in [0.15, 0.2) is 6.10 Å². The maximum Gasteiger partial charge on any atom is 0.407 e. The third-order valence-electron chi connectivity index (χ3n) is 6.23. The lowest BCUT2D eigenvalue weighted by Gasteiger charge is -2.22. The molecule has 3 N–H and O–H groups in total. The molecule has 0 bridgehead atoms. The quantitative estimate of drug-likeness (QED) is 0.501. The van der Waals surface area contributed by atoms with Crippen LogP contribution >= 0.6 is 11.8 Å². The summed E-state index contributed by atoms with van der Waals surface area (Å²) in [5.74, 6) is -0.994. The molecule has 0 saturated carbocycles. The summed E-state index contributed by atoms with van der Waals surface area (Å²) in [6.45, 7) is 0.408. The Balaban J connectivity index is 1.39. The zero-order valence-electron chi connectivity index (χ0n) is 18.9. The lowest BCUT2D eigenvalue weighted by atomic mass is 9.98. The number of thioether (sulfide) groups is 1. The van der Waals surface area contributed by atoms with Crippen LogP contribution in [0.25, 0.3) is 11.1 Å². The van der Waals surface area contributed by atoms with Crippen LogP contribution in [0, 0.1) is 0 Å². The first-order chi connectivity index (χ1) is 16.5. The number of benzene rings is 2. The standard InChI is InChI=1S/C25H28N2O6S/c1-34-13-11-21(23(28)26-20-10-12-32-22(20)24(29)30)27-25(31)33-14-19-17-8-4-2-6-15(17)16-7-3-5-9-18(16)19/h2-9,19-22H,10-14H2,1H3,(H,26,28)(H,27,31)(H,29,30)/t20-,21+,22+/m0/s1. The van der Waals surface area contributed by atoms with Crippen molar-refractivity contribution in [2.45, 2.75) is 36.9 Å². The molecule has 180 valence electrons. The average Bonchev–Trinajstić information content (AvgIpc) is 3.43. The Morgan fingerprint density at radius 1 is 1.12 bits per heavy atom. The Labute approximate surface area is 202 Å². The van der Waals surface area contributed by atoms with Gasteiger partial charge in [0.25, 0.3) is 0 Å². The fourth-order valence-electron chi connectivity index (χ4n) is 4.55. The Kier molecular flexibility index (Phi) is 7.74. The van der Waals surface area contributed by atoms with Crippen LogP contribution in [0.3, 0.4) is 0 Å². The molecule has 0 unspecified atom stereocenters. The maximum absolute atomic E-state index is 12.9. The normalized spacial score (nSPS) is 19.7. The number of rotatable bonds is 9. The van der Waals surface area contributed by atoms with Crippen molar-refractivity contribution in [3.05, 3.63) is 59.7 Å². The Morgan fingerprint density at radius 2 is 1.76 bits per heavy atom. The number of hydrogen-bond donors (Lipinski definition) is 3. The molecule has 1 fully saturated rings. The van der Waals surface area contributed by atoms with E-state index in [0.717, 1.165) is 22.3 Å². The van der Waals surface area contributed by atoms with Crippen LogP contribution in [-0.2, 0) is 19.1 Å². The van der Waals surface area contributed by atoms with Crippen molar-refractivity contribution < 1.29 is 29.0 Å². The van der Waals surface area contributed by atoms with Crippen molar-refractivity contribution >= 4 is 29.7 Å². The monoisotopic (exact) mass is 484 g/mol. The van der Waals surface area contributed by atoms with Crippen molar-refractivity contribution in [1.82, 2.24) is 10.6 Å². The van der Waals surface area contributed by atoms with E-state index in [-0.39, 0.29) is 19.1 Å². The Morgan fingerprint density at radius 3 is 2.38 bits per heavy atom. The minimum absolute atomic E-state index is 0.0800. The molecule has 2 amide bonds. The molecule has 4 rings (SSSR count). The van der Waals surface area contributed by atoms with Crippen LogP contribution in [0.15, 0.2) is 48.5 Å². The van der Waals surface area contributed by atoms with E-state index in [1.165, 1.54) is 0 Å². The van der Waals surface area contributed by atoms with E-state index in [9.17, 15) is 19.5 Å². The number of nitrogens with one attached hydrogen (secondary N) is 2. The van der Waals surface area contributed by atoms with E-state index < -0.39 is 36.2 Å². The number of aliphatic carboxylic acids is 1. The summed E-state index contributed by atoms with van der Waals surface area (Å²) < 4.78 is 10.8. The lowest BCUT2D eigenvalue weighted by Crippen LogP contribution is -2.53. The highest BCUT2D eigenvalue weighted by Crippen LogP contribution is 2.44. The first kappa shape index (κ1) is 24.1. The second-order valence-corrected chi connectivity index (χ2v) is 9.32. The number of alkyl carbamates (subject to hydrolysis) is 1. The summed E-state index contributed by atoms with van der Waals surface area (Å²) in [6, 6.07) is 14.7. The topological polar surface area (TPSA) is 114 Å². The minimum atomic E-state index is -1.12. The summed E-state index contributed by atoms with van der Waals surface area (Å²) in [6.07, 6.45) is 0.944. The van der Waals surface area contributed by atoms with Gasteiger partial charge in [-0.1, -0.05) is 48.5 Å². The molecule has 2 aromatic carbocycles. The van der Waals surface area contributed by atoms with Crippen LogP contribution in [0.5, 0.6) is 0 Å². The SMILES string of the molecule is CSCC[C@@H](NC(=O)OCC1c2ccccc2-c2ccccc21)C(=O)N[C@H]1CCO[C@H]1C(=O)O. The van der Waals surface area contributed by atoms with Crippen molar-refractivity contribution in [2.75, 3.05) is 25.2 Å². The number of carboxylic acid groups (broad SMARTS) is 1. The molecule has 2 aromatic rings. The fraction of sp³-hybridized carbons (Fsp3) is 0.400. The molecule has 2 aliphatic rings. The van der Waals surface area contributed by atoms with E-state index in [4.69, 9.17) is 9.47 Å². The van der Waals surface area contributed by atoms with Gasteiger partial charge in [-0.15, -0.1) is 0 Å². The van der Waals surface area contributed by atoms with Gasteiger partial charge in [-0.25, -0.2) is 9.59 Å². The molecule has 34 heavy (non-hydrogen) atoms. The van der Waals surface area contributed by atoms with E-state index >= 15 is 0 Å². The molecule has 1 heterocycles. The molecule has 8 nitrogen and oxygen atoms in total. The van der Waals surface area contributed by atoms with Crippen molar-refractivity contribution in [2.24, 2.45) is 0 Å². The first-order valence-corrected chi connectivity index (χ1v) is 12.6. The van der Waals surface area contributed by atoms with Crippen molar-refractivity contribution in [3.63, 3.8) is 0 Å². The molecule has 3 atom stereocenters. The van der Waals surface area contributed by atoms with Gasteiger partial charge in [0.2, 0.25) is 5.91 Å². The van der Waals surface area contributed by atoms with Gasteiger partial charge in [0.1, 0.15) is 12.6 Å². The molecule has 1 aliphatic heterocycles. The maximum atomic E-state index is 12.9. The number of hydrogen-bond acceptors (Lipinski definition) is 6. The predicted molar refractivity (Wildman–Crippen MR) is 129 cm³/mol. The molecule has 9 heteroatoms. The number of amides is 2. The second-order valence-electron chi connectivity index (χ2n) is 8.34. The molecule has 1 aliphatic carbocycles. The third kappa shape index (κ3) is 5.20. The number of ether oxygens (including phenoxy) is 2. The number of carbonyl (C=O) groups excluding carboxylic acids is 2. The van der Waals surface area contributed by atoms with E-state index in [0.29, 0.717) is 18.6 Å². The van der Waals surface area contributed by atoms with Crippen molar-refractivity contribution in [3.8, 4) is 11.1 Å². The Bertz CT molecular complexity index is 1020. The summed E-state index contributed by atoms with van der Waals surface area (Å²) in [5.41, 5.74) is 4.48. The molecular weight excluding hydrogens is 456 g/mol. The van der Waals surface area contributed by atoms with E-state index in [1.807, 2.05) is 42.7 Å². The van der Waals surface area contributed by atoms with Crippen LogP contribution < -0.4 is 10.6 Å². The summed E-state index contributed by atoms with van der Waals surface area (Å²) >= 11 is 1.55. The number of carboxylic acids is 1. The molecule has 0 aromatic heterocycles. The van der Waals surface area contributed by atoms with Gasteiger partial charge in [0, 0.05) is 12.5 Å². The van der Waals surface area contributed by atoms with Crippen molar-refractivity contribution in [1.29, 1.82) is 0 Å². The molecule has 0 spiro atoms. The Hall–Kier alpha value is -3.04. The van der Waals surface area contributed by atoms with Gasteiger partial charge in [-0.3, -0.25) is 4.79 Å². The summed E-state index contributed by atoms with van der Waals surface area (Å²) in [7, 11) is 0. The first-order valence-electron chi connectivity index (χ1n) is 11.2. The lowest BCUT2D eigenvalue weighted by molar-refractivity contribution is -0.148. The van der Waals surface area contributed by atoms with Crippen LogP contribution in [0.4, 0.5) is 4.79 Å². The predicted octanol–water partition coefficient (Wildman–Crippen LogP) is 3.01. The van der Waals surface area contributed by atoms with E-state index in [2.05, 4.69) is 22.8 Å². The second kappa shape index (κ2) is 10.9. The van der Waals surface area contributed by atoms with Crippen LogP contribution in [0.2, 0.25) is 0 Å². The van der Waals surface area contributed by atoms with Crippen LogP contribution in [0.1, 0.15) is 29.9 Å². The average molecular weight is 485 g/mol. The zero-order chi connectivity index (χ0) is 24.1. The molecular formula is C25H28N2O6S. The molecule has 0 radical (unpaired) electrons. The number of carbonyl (C=O) groups is 3. The zero-order valence-corrected chi connectivity index (χ0v) is 19.7. The van der Waals surface area contributed by atoms with Gasteiger partial charge < -0.3 is 25.2 Å². The highest BCUT2D eigenvalue weighted by Gasteiger charge is 2.37. The summed E-state index contributed by atoms with van der Waals surface area (Å²) in [4.78, 5) is 36.9.